The van der Waals surface area contributed by atoms with Gasteiger partial charge in [-0.15, -0.1) is 5.10 Å². The molecule has 0 saturated heterocycles. The summed E-state index contributed by atoms with van der Waals surface area (Å²) in [5.74, 6) is 0.0512. The number of hydrogen-bond donors (Lipinski definition) is 1. The van der Waals surface area contributed by atoms with Crippen LogP contribution in [0.3, 0.4) is 0 Å². The summed E-state index contributed by atoms with van der Waals surface area (Å²) in [7, 11) is 2.07. The summed E-state index contributed by atoms with van der Waals surface area (Å²) in [5, 5.41) is 11.2. The van der Waals surface area contributed by atoms with Crippen LogP contribution in [-0.2, 0) is 17.9 Å². The molecule has 0 radical (unpaired) electrons. The topological polar surface area (TPSA) is 63.0 Å². The Hall–Kier alpha value is -1.43. The molecule has 0 aromatic carbocycles. The number of hydrogen-bond acceptors (Lipinski definition) is 4. The maximum atomic E-state index is 11.8. The lowest BCUT2D eigenvalue weighted by molar-refractivity contribution is -0.128. The van der Waals surface area contributed by atoms with Crippen LogP contribution in [0.1, 0.15) is 47.2 Å². The van der Waals surface area contributed by atoms with Crippen LogP contribution in [0.4, 0.5) is 0 Å². The number of aromatic nitrogens is 3. The van der Waals surface area contributed by atoms with Gasteiger partial charge in [0, 0.05) is 30.2 Å². The molecule has 0 spiro atoms. The van der Waals surface area contributed by atoms with Crippen molar-refractivity contribution in [3.05, 3.63) is 11.9 Å². The molecule has 1 heterocycles. The van der Waals surface area contributed by atoms with Crippen LogP contribution in [0, 0.1) is 5.41 Å². The molecule has 6 heteroatoms. The standard InChI is InChI=1S/C15H29N5O/c1-14(2,3)13(21)16-8-9-20-11-12(17-18-20)10-19(7)15(4,5)6/h11H,8-10H2,1-7H3,(H,16,21). The third-order valence-electron chi connectivity index (χ3n) is 3.44. The van der Waals surface area contributed by atoms with Crippen molar-refractivity contribution < 1.29 is 4.79 Å². The van der Waals surface area contributed by atoms with E-state index in [0.717, 1.165) is 12.2 Å². The van der Waals surface area contributed by atoms with Crippen molar-refractivity contribution in [2.45, 2.75) is 60.2 Å². The molecule has 0 saturated carbocycles. The summed E-state index contributed by atoms with van der Waals surface area (Å²) in [4.78, 5) is 14.0. The molecule has 120 valence electrons. The number of carbonyl (C=O) groups is 1. The predicted molar refractivity (Wildman–Crippen MR) is 83.7 cm³/mol. The minimum absolute atomic E-state index is 0.0512. The van der Waals surface area contributed by atoms with Gasteiger partial charge in [0.25, 0.3) is 0 Å². The minimum atomic E-state index is -0.358. The van der Waals surface area contributed by atoms with Crippen LogP contribution in [0.15, 0.2) is 6.20 Å². The van der Waals surface area contributed by atoms with E-state index in [4.69, 9.17) is 0 Å². The molecular formula is C15H29N5O. The van der Waals surface area contributed by atoms with Gasteiger partial charge in [0.05, 0.1) is 12.2 Å². The highest BCUT2D eigenvalue weighted by Gasteiger charge is 2.20. The van der Waals surface area contributed by atoms with E-state index in [1.165, 1.54) is 0 Å². The average Bonchev–Trinajstić information content (AvgIpc) is 2.74. The number of nitrogens with zero attached hydrogens (tertiary/aromatic N) is 4. The Bertz CT molecular complexity index is 467. The summed E-state index contributed by atoms with van der Waals surface area (Å²) in [6, 6.07) is 0. The highest BCUT2D eigenvalue weighted by atomic mass is 16.2. The van der Waals surface area contributed by atoms with E-state index < -0.39 is 0 Å². The van der Waals surface area contributed by atoms with Crippen molar-refractivity contribution in [2.75, 3.05) is 13.6 Å². The molecule has 6 nitrogen and oxygen atoms in total. The predicted octanol–water partition coefficient (Wildman–Crippen LogP) is 1.67. The number of amides is 1. The van der Waals surface area contributed by atoms with Gasteiger partial charge in [0.1, 0.15) is 0 Å². The summed E-state index contributed by atoms with van der Waals surface area (Å²) >= 11 is 0. The van der Waals surface area contributed by atoms with Gasteiger partial charge in [-0.25, -0.2) is 0 Å². The first-order chi connectivity index (χ1) is 9.50. The van der Waals surface area contributed by atoms with Crippen molar-refractivity contribution in [3.8, 4) is 0 Å². The van der Waals surface area contributed by atoms with Crippen LogP contribution in [0.25, 0.3) is 0 Å². The SMILES string of the molecule is CN(Cc1cn(CCNC(=O)C(C)(C)C)nn1)C(C)(C)C. The molecule has 1 aromatic rings. The van der Waals surface area contributed by atoms with E-state index in [-0.39, 0.29) is 16.9 Å². The first-order valence-electron chi connectivity index (χ1n) is 7.38. The van der Waals surface area contributed by atoms with Crippen LogP contribution >= 0.6 is 0 Å². The summed E-state index contributed by atoms with van der Waals surface area (Å²) in [6.07, 6.45) is 1.94. The van der Waals surface area contributed by atoms with Crippen LogP contribution in [-0.4, -0.2) is 44.9 Å². The summed E-state index contributed by atoms with van der Waals surface area (Å²) in [6.45, 7) is 14.2. The minimum Gasteiger partial charge on any atom is -0.354 e. The molecule has 21 heavy (non-hydrogen) atoms. The fourth-order valence-corrected chi connectivity index (χ4v) is 1.55. The Morgan fingerprint density at radius 3 is 2.43 bits per heavy atom. The normalized spacial score (nSPS) is 12.8. The molecule has 0 aliphatic carbocycles. The highest BCUT2D eigenvalue weighted by Crippen LogP contribution is 2.13. The average molecular weight is 295 g/mol. The van der Waals surface area contributed by atoms with Gasteiger partial charge in [-0.2, -0.15) is 0 Å². The first-order valence-corrected chi connectivity index (χ1v) is 7.38. The molecule has 0 aliphatic heterocycles. The Morgan fingerprint density at radius 1 is 1.29 bits per heavy atom. The van der Waals surface area contributed by atoms with E-state index >= 15 is 0 Å². The van der Waals surface area contributed by atoms with Gasteiger partial charge in [0.2, 0.25) is 5.91 Å². The number of nitrogens with one attached hydrogen (secondary N) is 1. The second kappa shape index (κ2) is 6.56. The van der Waals surface area contributed by atoms with E-state index in [1.54, 1.807) is 4.68 Å². The zero-order chi connectivity index (χ0) is 16.3. The van der Waals surface area contributed by atoms with Gasteiger partial charge in [-0.1, -0.05) is 26.0 Å². The quantitative estimate of drug-likeness (QED) is 0.897. The Labute approximate surface area is 127 Å². The zero-order valence-electron chi connectivity index (χ0n) is 14.4. The Balaban J connectivity index is 2.44. The lowest BCUT2D eigenvalue weighted by atomic mass is 9.96. The van der Waals surface area contributed by atoms with E-state index in [2.05, 4.69) is 48.3 Å². The Kier molecular flexibility index (Phi) is 5.50. The number of carbonyl (C=O) groups excluding carboxylic acids is 1. The van der Waals surface area contributed by atoms with Crippen LogP contribution < -0.4 is 5.32 Å². The molecule has 0 unspecified atom stereocenters. The van der Waals surface area contributed by atoms with Crippen LogP contribution in [0.2, 0.25) is 0 Å². The van der Waals surface area contributed by atoms with Crippen molar-refractivity contribution in [1.29, 1.82) is 0 Å². The molecule has 0 atom stereocenters. The van der Waals surface area contributed by atoms with Crippen molar-refractivity contribution in [1.82, 2.24) is 25.2 Å². The lowest BCUT2D eigenvalue weighted by Crippen LogP contribution is -2.37. The van der Waals surface area contributed by atoms with Gasteiger partial charge in [-0.3, -0.25) is 14.4 Å². The fourth-order valence-electron chi connectivity index (χ4n) is 1.55. The zero-order valence-corrected chi connectivity index (χ0v) is 14.4. The first kappa shape index (κ1) is 17.6. The third kappa shape index (κ3) is 5.83. The smallest absolute Gasteiger partial charge is 0.225 e. The van der Waals surface area contributed by atoms with Gasteiger partial charge in [0.15, 0.2) is 0 Å². The van der Waals surface area contributed by atoms with E-state index in [0.29, 0.717) is 13.1 Å². The van der Waals surface area contributed by atoms with Crippen molar-refractivity contribution in [2.24, 2.45) is 5.41 Å². The molecule has 1 N–H and O–H groups in total. The second-order valence-corrected chi connectivity index (χ2v) is 7.51. The molecule has 1 amide bonds. The lowest BCUT2D eigenvalue weighted by Gasteiger charge is -2.30. The van der Waals surface area contributed by atoms with Gasteiger partial charge >= 0.3 is 0 Å². The fraction of sp³-hybridized carbons (Fsp3) is 0.800. The third-order valence-corrected chi connectivity index (χ3v) is 3.44. The van der Waals surface area contributed by atoms with Gasteiger partial charge in [-0.05, 0) is 27.8 Å². The molecular weight excluding hydrogens is 266 g/mol. The van der Waals surface area contributed by atoms with E-state index in [1.807, 2.05) is 27.0 Å². The maximum absolute atomic E-state index is 11.8. The van der Waals surface area contributed by atoms with Gasteiger partial charge < -0.3 is 5.32 Å². The summed E-state index contributed by atoms with van der Waals surface area (Å²) < 4.78 is 1.77. The Morgan fingerprint density at radius 2 is 1.90 bits per heavy atom. The maximum Gasteiger partial charge on any atom is 0.225 e. The largest absolute Gasteiger partial charge is 0.354 e. The van der Waals surface area contributed by atoms with Crippen molar-refractivity contribution >= 4 is 5.91 Å². The molecule has 1 rings (SSSR count). The molecule has 0 fully saturated rings. The molecule has 1 aromatic heterocycles. The molecule has 0 aliphatic rings. The van der Waals surface area contributed by atoms with Crippen LogP contribution in [0.5, 0.6) is 0 Å². The monoisotopic (exact) mass is 295 g/mol. The number of rotatable bonds is 5. The van der Waals surface area contributed by atoms with Crippen molar-refractivity contribution in [3.63, 3.8) is 0 Å². The summed E-state index contributed by atoms with van der Waals surface area (Å²) in [5.41, 5.74) is 0.683. The second-order valence-electron chi connectivity index (χ2n) is 7.51. The highest BCUT2D eigenvalue weighted by molar-refractivity contribution is 5.81. The van der Waals surface area contributed by atoms with E-state index in [9.17, 15) is 4.79 Å². The molecule has 0 bridgehead atoms.